The highest BCUT2D eigenvalue weighted by atomic mass is 16.7. The summed E-state index contributed by atoms with van der Waals surface area (Å²) < 4.78 is 11.1. The lowest BCUT2D eigenvalue weighted by molar-refractivity contribution is -0.149. The third-order valence-corrected chi connectivity index (χ3v) is 4.08. The molecule has 2 rings (SSSR count). The maximum absolute atomic E-state index is 12.0. The van der Waals surface area contributed by atoms with Crippen LogP contribution in [0.3, 0.4) is 0 Å². The predicted octanol–water partition coefficient (Wildman–Crippen LogP) is 2.82. The zero-order valence-electron chi connectivity index (χ0n) is 10.4. The lowest BCUT2D eigenvalue weighted by Gasteiger charge is -2.15. The zero-order valence-corrected chi connectivity index (χ0v) is 10.4. The van der Waals surface area contributed by atoms with Crippen LogP contribution in [0.2, 0.25) is 0 Å². The van der Waals surface area contributed by atoms with Gasteiger partial charge in [0.25, 0.3) is 0 Å². The number of rotatable bonds is 3. The second kappa shape index (κ2) is 4.36. The number of ether oxygens (including phenoxy) is 2. The fraction of sp³-hybridized carbons (Fsp3) is 0.923. The molecule has 0 bridgehead atoms. The van der Waals surface area contributed by atoms with Gasteiger partial charge in [0.05, 0.1) is 6.61 Å². The molecule has 1 atom stereocenters. The molecule has 1 unspecified atom stereocenters. The van der Waals surface area contributed by atoms with Crippen molar-refractivity contribution in [3.8, 4) is 0 Å². The third-order valence-electron chi connectivity index (χ3n) is 4.08. The smallest absolute Gasteiger partial charge is 0.341 e. The van der Waals surface area contributed by atoms with Gasteiger partial charge < -0.3 is 9.47 Å². The van der Waals surface area contributed by atoms with Crippen molar-refractivity contribution in [1.29, 1.82) is 0 Å². The molecule has 0 aromatic carbocycles. The lowest BCUT2D eigenvalue weighted by atomic mass is 9.84. The first-order valence-electron chi connectivity index (χ1n) is 6.58. The number of hydrogen-bond acceptors (Lipinski definition) is 3. The molecule has 0 amide bonds. The Labute approximate surface area is 97.5 Å². The van der Waals surface area contributed by atoms with E-state index in [1.807, 2.05) is 13.8 Å². The van der Waals surface area contributed by atoms with E-state index in [1.54, 1.807) is 0 Å². The van der Waals surface area contributed by atoms with Crippen LogP contribution in [0, 0.1) is 0 Å². The normalized spacial score (nSPS) is 32.1. The van der Waals surface area contributed by atoms with E-state index in [0.717, 1.165) is 19.3 Å². The van der Waals surface area contributed by atoms with Gasteiger partial charge in [-0.05, 0) is 26.2 Å². The fourth-order valence-corrected chi connectivity index (χ4v) is 3.13. The van der Waals surface area contributed by atoms with Crippen molar-refractivity contribution in [3.63, 3.8) is 0 Å². The second-order valence-corrected chi connectivity index (χ2v) is 4.91. The molecule has 16 heavy (non-hydrogen) atoms. The van der Waals surface area contributed by atoms with Crippen LogP contribution in [0.5, 0.6) is 0 Å². The van der Waals surface area contributed by atoms with Crippen LogP contribution in [0.15, 0.2) is 0 Å². The standard InChI is InChI=1S/C13H22O3/c1-3-13(11(14)15-4-2)12(16-13)9-7-5-6-8-10-12/h3-10H2,1-2H3. The molecule has 2 fully saturated rings. The molecular formula is C13H22O3. The predicted molar refractivity (Wildman–Crippen MR) is 61.2 cm³/mol. The molecule has 3 heteroatoms. The molecule has 1 heterocycles. The van der Waals surface area contributed by atoms with Gasteiger partial charge in [0.1, 0.15) is 5.60 Å². The Kier molecular flexibility index (Phi) is 3.24. The van der Waals surface area contributed by atoms with E-state index >= 15 is 0 Å². The second-order valence-electron chi connectivity index (χ2n) is 4.91. The van der Waals surface area contributed by atoms with E-state index in [-0.39, 0.29) is 11.6 Å². The summed E-state index contributed by atoms with van der Waals surface area (Å²) in [7, 11) is 0. The third kappa shape index (κ3) is 1.65. The lowest BCUT2D eigenvalue weighted by Crippen LogP contribution is -2.35. The zero-order chi connectivity index (χ0) is 11.6. The molecule has 1 saturated carbocycles. The summed E-state index contributed by atoms with van der Waals surface area (Å²) in [5.41, 5.74) is -0.780. The van der Waals surface area contributed by atoms with Gasteiger partial charge in [0.2, 0.25) is 0 Å². The maximum Gasteiger partial charge on any atom is 0.341 e. The maximum atomic E-state index is 12.0. The van der Waals surface area contributed by atoms with Crippen molar-refractivity contribution in [3.05, 3.63) is 0 Å². The molecule has 0 radical (unpaired) electrons. The molecule has 1 saturated heterocycles. The number of carbonyl (C=O) groups excluding carboxylic acids is 1. The van der Waals surface area contributed by atoms with E-state index in [9.17, 15) is 4.79 Å². The highest BCUT2D eigenvalue weighted by Crippen LogP contribution is 2.58. The minimum atomic E-state index is -0.604. The van der Waals surface area contributed by atoms with Crippen LogP contribution in [0.1, 0.15) is 58.8 Å². The van der Waals surface area contributed by atoms with E-state index in [0.29, 0.717) is 6.61 Å². The quantitative estimate of drug-likeness (QED) is 0.548. The van der Waals surface area contributed by atoms with E-state index in [4.69, 9.17) is 9.47 Å². The summed E-state index contributed by atoms with van der Waals surface area (Å²) in [4.78, 5) is 12.0. The number of carbonyl (C=O) groups is 1. The van der Waals surface area contributed by atoms with Gasteiger partial charge in [-0.3, -0.25) is 0 Å². The van der Waals surface area contributed by atoms with Crippen LogP contribution < -0.4 is 0 Å². The largest absolute Gasteiger partial charge is 0.464 e. The Bertz CT molecular complexity index is 266. The van der Waals surface area contributed by atoms with Gasteiger partial charge in [-0.25, -0.2) is 4.79 Å². The van der Waals surface area contributed by atoms with Crippen LogP contribution >= 0.6 is 0 Å². The van der Waals surface area contributed by atoms with Crippen molar-refractivity contribution in [2.75, 3.05) is 6.61 Å². The molecule has 3 nitrogen and oxygen atoms in total. The number of hydrogen-bond donors (Lipinski definition) is 0. The SMILES string of the molecule is CCOC(=O)C1(CC)OC12CCCCCC2. The number of epoxide rings is 1. The monoisotopic (exact) mass is 226 g/mol. The van der Waals surface area contributed by atoms with Gasteiger partial charge in [-0.15, -0.1) is 0 Å². The first-order valence-corrected chi connectivity index (χ1v) is 6.58. The minimum Gasteiger partial charge on any atom is -0.464 e. The summed E-state index contributed by atoms with van der Waals surface area (Å²) >= 11 is 0. The van der Waals surface area contributed by atoms with Crippen LogP contribution in [-0.4, -0.2) is 23.8 Å². The average molecular weight is 226 g/mol. The van der Waals surface area contributed by atoms with E-state index in [2.05, 4.69) is 0 Å². The topological polar surface area (TPSA) is 38.8 Å². The van der Waals surface area contributed by atoms with Gasteiger partial charge in [0, 0.05) is 0 Å². The molecule has 92 valence electrons. The first kappa shape index (κ1) is 11.9. The minimum absolute atomic E-state index is 0.139. The first-order chi connectivity index (χ1) is 7.71. The summed E-state index contributed by atoms with van der Waals surface area (Å²) in [6, 6.07) is 0. The van der Waals surface area contributed by atoms with Crippen molar-refractivity contribution in [1.82, 2.24) is 0 Å². The molecule has 1 aliphatic heterocycles. The summed E-state index contributed by atoms with van der Waals surface area (Å²) in [5.74, 6) is -0.139. The van der Waals surface area contributed by atoms with Crippen LogP contribution in [-0.2, 0) is 14.3 Å². The van der Waals surface area contributed by atoms with Crippen molar-refractivity contribution < 1.29 is 14.3 Å². The van der Waals surface area contributed by atoms with E-state index < -0.39 is 5.60 Å². The van der Waals surface area contributed by atoms with Gasteiger partial charge in [-0.2, -0.15) is 0 Å². The highest BCUT2D eigenvalue weighted by Gasteiger charge is 2.73. The average Bonchev–Trinajstić information content (AvgIpc) is 2.99. The van der Waals surface area contributed by atoms with Gasteiger partial charge in [-0.1, -0.05) is 32.6 Å². The van der Waals surface area contributed by atoms with Crippen molar-refractivity contribution in [2.45, 2.75) is 70.0 Å². The number of esters is 1. The van der Waals surface area contributed by atoms with Gasteiger partial charge >= 0.3 is 5.97 Å². The highest BCUT2D eigenvalue weighted by molar-refractivity contribution is 5.84. The molecule has 0 aromatic rings. The summed E-state index contributed by atoms with van der Waals surface area (Å²) in [6.07, 6.45) is 7.70. The Morgan fingerprint density at radius 1 is 1.19 bits per heavy atom. The Hall–Kier alpha value is -0.570. The van der Waals surface area contributed by atoms with Gasteiger partial charge in [0.15, 0.2) is 5.60 Å². The van der Waals surface area contributed by atoms with Crippen LogP contribution in [0.25, 0.3) is 0 Å². The molecule has 2 aliphatic rings. The molecule has 1 aliphatic carbocycles. The van der Waals surface area contributed by atoms with E-state index in [1.165, 1.54) is 25.7 Å². The molecule has 0 aromatic heterocycles. The Balaban J connectivity index is 2.10. The van der Waals surface area contributed by atoms with Crippen molar-refractivity contribution >= 4 is 5.97 Å². The summed E-state index contributed by atoms with van der Waals surface area (Å²) in [5, 5.41) is 0. The fourth-order valence-electron chi connectivity index (χ4n) is 3.13. The molecule has 0 N–H and O–H groups in total. The molecule has 1 spiro atoms. The molecular weight excluding hydrogens is 204 g/mol. The summed E-state index contributed by atoms with van der Waals surface area (Å²) in [6.45, 7) is 4.32. The van der Waals surface area contributed by atoms with Crippen LogP contribution in [0.4, 0.5) is 0 Å². The Morgan fingerprint density at radius 3 is 2.31 bits per heavy atom. The van der Waals surface area contributed by atoms with Crippen molar-refractivity contribution in [2.24, 2.45) is 0 Å². The Morgan fingerprint density at radius 2 is 1.81 bits per heavy atom.